The van der Waals surface area contributed by atoms with Gasteiger partial charge in [-0.15, -0.1) is 6.58 Å². The maximum Gasteiger partial charge on any atom is -0.0323 e. The van der Waals surface area contributed by atoms with Crippen molar-refractivity contribution in [2.75, 3.05) is 0 Å². The Bertz CT molecular complexity index is 192. The van der Waals surface area contributed by atoms with Crippen molar-refractivity contribution in [2.45, 2.75) is 65.7 Å². The van der Waals surface area contributed by atoms with Crippen molar-refractivity contribution in [3.05, 3.63) is 12.2 Å². The third kappa shape index (κ3) is 4.01. The predicted molar refractivity (Wildman–Crippen MR) is 69.0 cm³/mol. The number of hydrogen-bond donors (Lipinski definition) is 0. The Hall–Kier alpha value is -0.260. The van der Waals surface area contributed by atoms with Crippen LogP contribution in [0.4, 0.5) is 0 Å². The van der Waals surface area contributed by atoms with Crippen LogP contribution in [0, 0.1) is 17.8 Å². The van der Waals surface area contributed by atoms with E-state index in [-0.39, 0.29) is 0 Å². The third-order valence-corrected chi connectivity index (χ3v) is 4.25. The Morgan fingerprint density at radius 1 is 1.33 bits per heavy atom. The molecular formula is C15H28. The summed E-state index contributed by atoms with van der Waals surface area (Å²) in [5.74, 6) is 2.92. The quantitative estimate of drug-likeness (QED) is 0.545. The molecule has 0 aromatic rings. The minimum Gasteiger partial charge on any atom is -0.100 e. The molecule has 88 valence electrons. The maximum absolute atomic E-state index is 4.03. The molecule has 0 heteroatoms. The Kier molecular flexibility index (Phi) is 5.42. The minimum atomic E-state index is 0.956. The Balaban J connectivity index is 2.44. The number of allylic oxidation sites excluding steroid dienone is 1. The van der Waals surface area contributed by atoms with Gasteiger partial charge in [0.1, 0.15) is 0 Å². The molecule has 0 N–H and O–H groups in total. The summed E-state index contributed by atoms with van der Waals surface area (Å²) in [4.78, 5) is 0. The van der Waals surface area contributed by atoms with Crippen molar-refractivity contribution >= 4 is 0 Å². The molecule has 1 saturated carbocycles. The van der Waals surface area contributed by atoms with Crippen LogP contribution in [0.25, 0.3) is 0 Å². The van der Waals surface area contributed by atoms with Gasteiger partial charge in [-0.3, -0.25) is 0 Å². The summed E-state index contributed by atoms with van der Waals surface area (Å²) in [5, 5.41) is 0. The van der Waals surface area contributed by atoms with Gasteiger partial charge in [0.25, 0.3) is 0 Å². The van der Waals surface area contributed by atoms with Crippen molar-refractivity contribution in [1.82, 2.24) is 0 Å². The molecular weight excluding hydrogens is 180 g/mol. The van der Waals surface area contributed by atoms with E-state index in [4.69, 9.17) is 0 Å². The molecule has 0 radical (unpaired) electrons. The summed E-state index contributed by atoms with van der Waals surface area (Å²) < 4.78 is 0. The highest BCUT2D eigenvalue weighted by molar-refractivity contribution is 4.89. The molecule has 0 amide bonds. The average Bonchev–Trinajstić information content (AvgIpc) is 2.21. The smallest absolute Gasteiger partial charge is 0.0323 e. The minimum absolute atomic E-state index is 0.956. The van der Waals surface area contributed by atoms with Gasteiger partial charge in [-0.1, -0.05) is 45.1 Å². The van der Waals surface area contributed by atoms with E-state index in [0.717, 1.165) is 17.8 Å². The summed E-state index contributed by atoms with van der Waals surface area (Å²) >= 11 is 0. The van der Waals surface area contributed by atoms with Crippen LogP contribution in [0.1, 0.15) is 65.7 Å². The van der Waals surface area contributed by atoms with Gasteiger partial charge in [-0.25, -0.2) is 0 Å². The van der Waals surface area contributed by atoms with Gasteiger partial charge in [0.05, 0.1) is 0 Å². The molecule has 0 heterocycles. The van der Waals surface area contributed by atoms with Crippen molar-refractivity contribution in [1.29, 1.82) is 0 Å². The fourth-order valence-corrected chi connectivity index (χ4v) is 3.20. The predicted octanol–water partition coefficient (Wildman–Crippen LogP) is 5.20. The van der Waals surface area contributed by atoms with Crippen LogP contribution in [0.15, 0.2) is 12.2 Å². The fraction of sp³-hybridized carbons (Fsp3) is 0.867. The second-order valence-corrected chi connectivity index (χ2v) is 5.59. The van der Waals surface area contributed by atoms with Crippen molar-refractivity contribution < 1.29 is 0 Å². The first-order valence-electron chi connectivity index (χ1n) is 6.79. The Morgan fingerprint density at radius 2 is 2.00 bits per heavy atom. The van der Waals surface area contributed by atoms with Gasteiger partial charge >= 0.3 is 0 Å². The number of rotatable bonds is 5. The van der Waals surface area contributed by atoms with E-state index in [1.165, 1.54) is 50.5 Å². The van der Waals surface area contributed by atoms with E-state index >= 15 is 0 Å². The lowest BCUT2D eigenvalue weighted by molar-refractivity contribution is 0.162. The molecule has 0 spiro atoms. The van der Waals surface area contributed by atoms with Crippen LogP contribution in [-0.2, 0) is 0 Å². The lowest BCUT2D eigenvalue weighted by Crippen LogP contribution is -2.24. The molecule has 3 atom stereocenters. The zero-order valence-corrected chi connectivity index (χ0v) is 10.9. The van der Waals surface area contributed by atoms with Crippen molar-refractivity contribution in [3.63, 3.8) is 0 Å². The summed E-state index contributed by atoms with van der Waals surface area (Å²) in [5.41, 5.74) is 1.36. The van der Waals surface area contributed by atoms with Crippen LogP contribution in [-0.4, -0.2) is 0 Å². The molecule has 0 nitrogen and oxygen atoms in total. The monoisotopic (exact) mass is 208 g/mol. The summed E-state index contributed by atoms with van der Waals surface area (Å²) in [6, 6.07) is 0. The lowest BCUT2D eigenvalue weighted by atomic mass is 9.71. The highest BCUT2D eigenvalue weighted by atomic mass is 14.3. The second kappa shape index (κ2) is 6.35. The van der Waals surface area contributed by atoms with Crippen LogP contribution in [0.5, 0.6) is 0 Å². The van der Waals surface area contributed by atoms with E-state index in [1.54, 1.807) is 0 Å². The molecule has 0 aromatic heterocycles. The van der Waals surface area contributed by atoms with E-state index in [9.17, 15) is 0 Å². The first kappa shape index (κ1) is 12.8. The molecule has 0 aromatic carbocycles. The van der Waals surface area contributed by atoms with E-state index in [1.807, 2.05) is 0 Å². The molecule has 3 unspecified atom stereocenters. The first-order chi connectivity index (χ1) is 7.15. The Morgan fingerprint density at radius 3 is 2.53 bits per heavy atom. The van der Waals surface area contributed by atoms with Gasteiger partial charge in [0, 0.05) is 0 Å². The zero-order valence-electron chi connectivity index (χ0n) is 10.9. The van der Waals surface area contributed by atoms with Crippen molar-refractivity contribution in [3.8, 4) is 0 Å². The number of hydrogen-bond acceptors (Lipinski definition) is 0. The summed E-state index contributed by atoms with van der Waals surface area (Å²) in [7, 11) is 0. The molecule has 1 aliphatic carbocycles. The summed E-state index contributed by atoms with van der Waals surface area (Å²) in [6.07, 6.45) is 9.86. The van der Waals surface area contributed by atoms with Crippen LogP contribution in [0.3, 0.4) is 0 Å². The largest absolute Gasteiger partial charge is 0.100 e. The first-order valence-corrected chi connectivity index (χ1v) is 6.79. The van der Waals surface area contributed by atoms with Gasteiger partial charge in [-0.2, -0.15) is 0 Å². The van der Waals surface area contributed by atoms with Gasteiger partial charge in [-0.05, 0) is 43.9 Å². The molecule has 1 aliphatic rings. The third-order valence-electron chi connectivity index (χ3n) is 4.25. The van der Waals surface area contributed by atoms with Gasteiger partial charge in [0.15, 0.2) is 0 Å². The highest BCUT2D eigenvalue weighted by Gasteiger charge is 2.27. The standard InChI is InChI=1S/C15H28/c1-5-14(11-10-12(2)3)15-9-7-6-8-13(15)4/h13-15H,2,5-11H2,1,3-4H3. The summed E-state index contributed by atoms with van der Waals surface area (Å²) in [6.45, 7) is 11.0. The van der Waals surface area contributed by atoms with Gasteiger partial charge < -0.3 is 0 Å². The van der Waals surface area contributed by atoms with Crippen LogP contribution < -0.4 is 0 Å². The lowest BCUT2D eigenvalue weighted by Gasteiger charge is -2.35. The Labute approximate surface area is 96.2 Å². The van der Waals surface area contributed by atoms with Crippen LogP contribution >= 0.6 is 0 Å². The molecule has 0 saturated heterocycles. The molecule has 0 bridgehead atoms. The molecule has 0 aliphatic heterocycles. The topological polar surface area (TPSA) is 0 Å². The fourth-order valence-electron chi connectivity index (χ4n) is 3.20. The molecule has 1 fully saturated rings. The van der Waals surface area contributed by atoms with Crippen LogP contribution in [0.2, 0.25) is 0 Å². The SMILES string of the molecule is C=C(C)CCC(CC)C1CCCCC1C. The average molecular weight is 208 g/mol. The van der Waals surface area contributed by atoms with E-state index in [0.29, 0.717) is 0 Å². The van der Waals surface area contributed by atoms with E-state index < -0.39 is 0 Å². The van der Waals surface area contributed by atoms with E-state index in [2.05, 4.69) is 27.4 Å². The van der Waals surface area contributed by atoms with Gasteiger partial charge in [0.2, 0.25) is 0 Å². The zero-order chi connectivity index (χ0) is 11.3. The normalized spacial score (nSPS) is 28.7. The second-order valence-electron chi connectivity index (χ2n) is 5.59. The maximum atomic E-state index is 4.03. The highest BCUT2D eigenvalue weighted by Crippen LogP contribution is 2.38. The molecule has 15 heavy (non-hydrogen) atoms. The molecule has 1 rings (SSSR count). The van der Waals surface area contributed by atoms with Crippen molar-refractivity contribution in [2.24, 2.45) is 17.8 Å².